The number of benzene rings is 3. The maximum absolute atomic E-state index is 13.9. The maximum atomic E-state index is 13.9. The van der Waals surface area contributed by atoms with Crippen LogP contribution in [-0.4, -0.2) is 39.8 Å². The molecule has 0 spiro atoms. The number of nitrogens with one attached hydrogen (secondary N) is 1. The van der Waals surface area contributed by atoms with E-state index in [1.54, 1.807) is 54.6 Å². The molecule has 3 rings (SSSR count). The van der Waals surface area contributed by atoms with Crippen molar-refractivity contribution in [2.24, 2.45) is 0 Å². The van der Waals surface area contributed by atoms with Crippen LogP contribution in [0.5, 0.6) is 5.75 Å². The molecule has 35 heavy (non-hydrogen) atoms. The number of carbonyl (C=O) groups is 1. The van der Waals surface area contributed by atoms with Crippen LogP contribution in [0, 0.1) is 5.82 Å². The Labute approximate surface area is 214 Å². The molecule has 1 amide bonds. The summed E-state index contributed by atoms with van der Waals surface area (Å²) >= 11 is 7.45. The Morgan fingerprint density at radius 1 is 1.06 bits per heavy atom. The summed E-state index contributed by atoms with van der Waals surface area (Å²) in [7, 11) is -3.99. The summed E-state index contributed by atoms with van der Waals surface area (Å²) in [6.45, 7) is 2.23. The predicted octanol–water partition coefficient (Wildman–Crippen LogP) is 5.12. The molecule has 0 saturated carbocycles. The van der Waals surface area contributed by atoms with Gasteiger partial charge in [-0.1, -0.05) is 35.9 Å². The van der Waals surface area contributed by atoms with Gasteiger partial charge in [-0.25, -0.2) is 12.8 Å². The number of ether oxygens (including phenoxy) is 1. The van der Waals surface area contributed by atoms with Gasteiger partial charge in [0.2, 0.25) is 5.91 Å². The van der Waals surface area contributed by atoms with Crippen molar-refractivity contribution in [3.8, 4) is 5.75 Å². The van der Waals surface area contributed by atoms with Crippen LogP contribution in [-0.2, 0) is 20.6 Å². The average Bonchev–Trinajstić information content (AvgIpc) is 2.85. The molecule has 0 aliphatic carbocycles. The quantitative estimate of drug-likeness (QED) is 0.325. The van der Waals surface area contributed by atoms with Crippen molar-refractivity contribution in [3.05, 3.63) is 89.2 Å². The number of nitrogens with zero attached hydrogens (tertiary/aromatic N) is 1. The first-order valence-corrected chi connectivity index (χ1v) is 13.9. The zero-order valence-electron chi connectivity index (χ0n) is 19.1. The summed E-state index contributed by atoms with van der Waals surface area (Å²) in [5.74, 6) is 0.645. The summed E-state index contributed by atoms with van der Waals surface area (Å²) in [5, 5.41) is 3.10. The van der Waals surface area contributed by atoms with Crippen molar-refractivity contribution >= 4 is 45.0 Å². The Kier molecular flexibility index (Phi) is 9.83. The SMILES string of the molecule is CCOc1ccc(N(CC(=O)NCCSCc2c(F)cccc2Cl)S(=O)(=O)c2ccccc2)cc1. The summed E-state index contributed by atoms with van der Waals surface area (Å²) in [4.78, 5) is 12.8. The number of thioether (sulfide) groups is 1. The number of hydrogen-bond donors (Lipinski definition) is 1. The van der Waals surface area contributed by atoms with Crippen LogP contribution in [0.15, 0.2) is 77.7 Å². The molecule has 1 N–H and O–H groups in total. The van der Waals surface area contributed by atoms with Crippen LogP contribution in [0.25, 0.3) is 0 Å². The van der Waals surface area contributed by atoms with E-state index in [1.165, 1.54) is 30.0 Å². The van der Waals surface area contributed by atoms with Crippen LogP contribution in [0.3, 0.4) is 0 Å². The standard InChI is InChI=1S/C25H26ClFN2O4S2/c1-2-33-20-13-11-19(12-14-20)29(35(31,32)21-7-4-3-5-8-21)17-25(30)28-15-16-34-18-22-23(26)9-6-10-24(22)27/h3-14H,2,15-18H2,1H3,(H,28,30). The van der Waals surface area contributed by atoms with E-state index in [1.807, 2.05) is 6.92 Å². The molecule has 0 aromatic heterocycles. The second-order valence-electron chi connectivity index (χ2n) is 7.35. The van der Waals surface area contributed by atoms with Gasteiger partial charge in [-0.3, -0.25) is 9.10 Å². The Morgan fingerprint density at radius 3 is 2.43 bits per heavy atom. The fraction of sp³-hybridized carbons (Fsp3) is 0.240. The fourth-order valence-electron chi connectivity index (χ4n) is 3.20. The lowest BCUT2D eigenvalue weighted by atomic mass is 10.2. The molecule has 0 heterocycles. The summed E-state index contributed by atoms with van der Waals surface area (Å²) in [6, 6.07) is 19.0. The van der Waals surface area contributed by atoms with Crippen molar-refractivity contribution < 1.29 is 22.3 Å². The second kappa shape index (κ2) is 12.8. The summed E-state index contributed by atoms with van der Waals surface area (Å²) in [6.07, 6.45) is 0. The number of sulfonamides is 1. The minimum atomic E-state index is -3.99. The van der Waals surface area contributed by atoms with Crippen LogP contribution >= 0.6 is 23.4 Å². The molecule has 0 fully saturated rings. The van der Waals surface area contributed by atoms with Gasteiger partial charge in [0.05, 0.1) is 17.2 Å². The molecule has 0 aliphatic heterocycles. The van der Waals surface area contributed by atoms with E-state index in [9.17, 15) is 17.6 Å². The van der Waals surface area contributed by atoms with E-state index >= 15 is 0 Å². The maximum Gasteiger partial charge on any atom is 0.264 e. The van der Waals surface area contributed by atoms with Crippen LogP contribution in [0.2, 0.25) is 5.02 Å². The number of amides is 1. The third kappa shape index (κ3) is 7.37. The number of anilines is 1. The van der Waals surface area contributed by atoms with E-state index in [0.29, 0.717) is 40.1 Å². The van der Waals surface area contributed by atoms with Crippen LogP contribution in [0.1, 0.15) is 12.5 Å². The molecule has 6 nitrogen and oxygen atoms in total. The van der Waals surface area contributed by atoms with Crippen molar-refractivity contribution in [1.29, 1.82) is 0 Å². The predicted molar refractivity (Wildman–Crippen MR) is 139 cm³/mol. The van der Waals surface area contributed by atoms with Crippen molar-refractivity contribution in [2.45, 2.75) is 17.6 Å². The molecular weight excluding hydrogens is 511 g/mol. The smallest absolute Gasteiger partial charge is 0.264 e. The van der Waals surface area contributed by atoms with Crippen molar-refractivity contribution in [2.75, 3.05) is 29.8 Å². The number of rotatable bonds is 12. The highest BCUT2D eigenvalue weighted by Gasteiger charge is 2.27. The van der Waals surface area contributed by atoms with E-state index in [-0.39, 0.29) is 17.3 Å². The first kappa shape index (κ1) is 26.8. The third-order valence-corrected chi connectivity index (χ3v) is 8.06. The Morgan fingerprint density at radius 2 is 1.77 bits per heavy atom. The zero-order chi connectivity index (χ0) is 25.3. The molecule has 0 saturated heterocycles. The Balaban J connectivity index is 1.65. The van der Waals surface area contributed by atoms with Gasteiger partial charge in [-0.15, -0.1) is 0 Å². The molecule has 0 bridgehead atoms. The topological polar surface area (TPSA) is 75.7 Å². The molecular formula is C25H26ClFN2O4S2. The summed E-state index contributed by atoms with van der Waals surface area (Å²) < 4.78 is 47.1. The van der Waals surface area contributed by atoms with E-state index in [4.69, 9.17) is 16.3 Å². The van der Waals surface area contributed by atoms with Gasteiger partial charge in [0, 0.05) is 28.6 Å². The van der Waals surface area contributed by atoms with Gasteiger partial charge in [0.15, 0.2) is 0 Å². The second-order valence-corrected chi connectivity index (χ2v) is 10.7. The molecule has 0 radical (unpaired) electrons. The highest BCUT2D eigenvalue weighted by atomic mass is 35.5. The minimum Gasteiger partial charge on any atom is -0.494 e. The summed E-state index contributed by atoms with van der Waals surface area (Å²) in [5.41, 5.74) is 0.761. The number of halogens is 2. The van der Waals surface area contributed by atoms with Gasteiger partial charge < -0.3 is 10.1 Å². The van der Waals surface area contributed by atoms with Crippen LogP contribution in [0.4, 0.5) is 10.1 Å². The average molecular weight is 537 g/mol. The number of hydrogen-bond acceptors (Lipinski definition) is 5. The van der Waals surface area contributed by atoms with Gasteiger partial charge >= 0.3 is 0 Å². The van der Waals surface area contributed by atoms with Crippen molar-refractivity contribution in [3.63, 3.8) is 0 Å². The van der Waals surface area contributed by atoms with Crippen molar-refractivity contribution in [1.82, 2.24) is 5.32 Å². The highest BCUT2D eigenvalue weighted by Crippen LogP contribution is 2.26. The lowest BCUT2D eigenvalue weighted by Crippen LogP contribution is -2.41. The zero-order valence-corrected chi connectivity index (χ0v) is 21.5. The first-order chi connectivity index (χ1) is 16.8. The molecule has 0 atom stereocenters. The molecule has 0 unspecified atom stereocenters. The molecule has 3 aromatic rings. The van der Waals surface area contributed by atoms with Gasteiger partial charge in [-0.05, 0) is 55.5 Å². The Bertz CT molecular complexity index is 1210. The highest BCUT2D eigenvalue weighted by molar-refractivity contribution is 7.98. The van der Waals surface area contributed by atoms with Crippen LogP contribution < -0.4 is 14.4 Å². The molecule has 0 aliphatic rings. The van der Waals surface area contributed by atoms with Gasteiger partial charge in [0.1, 0.15) is 18.1 Å². The first-order valence-electron chi connectivity index (χ1n) is 10.9. The van der Waals surface area contributed by atoms with E-state index < -0.39 is 22.5 Å². The number of carbonyl (C=O) groups excluding carboxylic acids is 1. The van der Waals surface area contributed by atoms with E-state index in [2.05, 4.69) is 5.32 Å². The monoisotopic (exact) mass is 536 g/mol. The van der Waals surface area contributed by atoms with Gasteiger partial charge in [0.25, 0.3) is 10.0 Å². The Hall–Kier alpha value is -2.75. The third-order valence-electron chi connectivity index (χ3n) is 4.93. The fourth-order valence-corrected chi connectivity index (χ4v) is 5.84. The van der Waals surface area contributed by atoms with Gasteiger partial charge in [-0.2, -0.15) is 11.8 Å². The normalized spacial score (nSPS) is 11.2. The molecule has 10 heteroatoms. The lowest BCUT2D eigenvalue weighted by Gasteiger charge is -2.24. The molecule has 186 valence electrons. The largest absolute Gasteiger partial charge is 0.494 e. The lowest BCUT2D eigenvalue weighted by molar-refractivity contribution is -0.119. The van der Waals surface area contributed by atoms with E-state index in [0.717, 1.165) is 4.31 Å². The minimum absolute atomic E-state index is 0.0824. The molecule has 3 aromatic carbocycles.